The van der Waals surface area contributed by atoms with E-state index >= 15 is 0 Å². The molecule has 0 aromatic rings. The standard InChI is InChI=1S/C11H22N2O/c1-9(2)7-11(14)13-8-10-5-3-4-6-12-10/h9-10,12H,3-8H2,1-2H3,(H,13,14). The zero-order valence-electron chi connectivity index (χ0n) is 9.31. The third-order valence-electron chi connectivity index (χ3n) is 2.55. The van der Waals surface area contributed by atoms with E-state index < -0.39 is 0 Å². The number of hydrogen-bond donors (Lipinski definition) is 2. The monoisotopic (exact) mass is 198 g/mol. The molecule has 3 heteroatoms. The van der Waals surface area contributed by atoms with Crippen LogP contribution in [0.4, 0.5) is 0 Å². The lowest BCUT2D eigenvalue weighted by Gasteiger charge is -2.23. The molecule has 0 bridgehead atoms. The predicted octanol–water partition coefficient (Wildman–Crippen LogP) is 1.29. The van der Waals surface area contributed by atoms with Gasteiger partial charge in [0, 0.05) is 19.0 Å². The van der Waals surface area contributed by atoms with Gasteiger partial charge in [-0.3, -0.25) is 4.79 Å². The van der Waals surface area contributed by atoms with Gasteiger partial charge in [0.1, 0.15) is 0 Å². The van der Waals surface area contributed by atoms with Crippen molar-refractivity contribution in [2.45, 2.75) is 45.6 Å². The van der Waals surface area contributed by atoms with Crippen LogP contribution in [0.5, 0.6) is 0 Å². The Labute approximate surface area is 86.6 Å². The topological polar surface area (TPSA) is 41.1 Å². The number of hydrogen-bond acceptors (Lipinski definition) is 2. The average Bonchev–Trinajstić information content (AvgIpc) is 2.15. The van der Waals surface area contributed by atoms with Crippen LogP contribution in [0.3, 0.4) is 0 Å². The van der Waals surface area contributed by atoms with Crippen LogP contribution in [0.15, 0.2) is 0 Å². The molecule has 1 rings (SSSR count). The first-order valence-electron chi connectivity index (χ1n) is 5.68. The Hall–Kier alpha value is -0.570. The largest absolute Gasteiger partial charge is 0.355 e. The van der Waals surface area contributed by atoms with Crippen LogP contribution in [0.2, 0.25) is 0 Å². The van der Waals surface area contributed by atoms with E-state index in [4.69, 9.17) is 0 Å². The maximum atomic E-state index is 11.4. The quantitative estimate of drug-likeness (QED) is 0.714. The highest BCUT2D eigenvalue weighted by molar-refractivity contribution is 5.76. The number of amides is 1. The summed E-state index contributed by atoms with van der Waals surface area (Å²) in [6.07, 6.45) is 4.41. The smallest absolute Gasteiger partial charge is 0.220 e. The summed E-state index contributed by atoms with van der Waals surface area (Å²) in [5.41, 5.74) is 0. The second-order valence-corrected chi connectivity index (χ2v) is 4.55. The van der Waals surface area contributed by atoms with Crippen molar-refractivity contribution in [3.63, 3.8) is 0 Å². The molecule has 1 unspecified atom stereocenters. The highest BCUT2D eigenvalue weighted by Gasteiger charge is 2.13. The van der Waals surface area contributed by atoms with Crippen molar-refractivity contribution in [1.29, 1.82) is 0 Å². The fourth-order valence-corrected chi connectivity index (χ4v) is 1.78. The molecule has 14 heavy (non-hydrogen) atoms. The summed E-state index contributed by atoms with van der Waals surface area (Å²) >= 11 is 0. The first kappa shape index (κ1) is 11.5. The van der Waals surface area contributed by atoms with Gasteiger partial charge in [-0.05, 0) is 25.3 Å². The van der Waals surface area contributed by atoms with Gasteiger partial charge < -0.3 is 10.6 Å². The molecule has 0 aliphatic carbocycles. The van der Waals surface area contributed by atoms with E-state index in [2.05, 4.69) is 24.5 Å². The Bertz CT molecular complexity index is 174. The second-order valence-electron chi connectivity index (χ2n) is 4.55. The Morgan fingerprint density at radius 3 is 2.86 bits per heavy atom. The van der Waals surface area contributed by atoms with Crippen LogP contribution < -0.4 is 10.6 Å². The third-order valence-corrected chi connectivity index (χ3v) is 2.55. The minimum Gasteiger partial charge on any atom is -0.355 e. The van der Waals surface area contributed by atoms with Gasteiger partial charge in [-0.1, -0.05) is 20.3 Å². The van der Waals surface area contributed by atoms with Crippen molar-refractivity contribution in [2.24, 2.45) is 5.92 Å². The van der Waals surface area contributed by atoms with E-state index in [0.29, 0.717) is 18.4 Å². The molecule has 1 aliphatic heterocycles. The molecule has 1 aliphatic rings. The number of nitrogens with one attached hydrogen (secondary N) is 2. The van der Waals surface area contributed by atoms with Crippen molar-refractivity contribution >= 4 is 5.91 Å². The molecule has 3 nitrogen and oxygen atoms in total. The summed E-state index contributed by atoms with van der Waals surface area (Å²) in [4.78, 5) is 11.4. The van der Waals surface area contributed by atoms with Crippen molar-refractivity contribution in [1.82, 2.24) is 10.6 Å². The Balaban J connectivity index is 2.09. The van der Waals surface area contributed by atoms with Crippen molar-refractivity contribution in [3.05, 3.63) is 0 Å². The van der Waals surface area contributed by atoms with Crippen LogP contribution in [0.1, 0.15) is 39.5 Å². The Morgan fingerprint density at radius 2 is 2.29 bits per heavy atom. The summed E-state index contributed by atoms with van der Waals surface area (Å²) in [6.45, 7) is 6.03. The van der Waals surface area contributed by atoms with E-state index in [1.54, 1.807) is 0 Å². The molecular weight excluding hydrogens is 176 g/mol. The van der Waals surface area contributed by atoms with Gasteiger partial charge in [0.25, 0.3) is 0 Å². The molecule has 0 radical (unpaired) electrons. The molecule has 82 valence electrons. The molecular formula is C11H22N2O. The van der Waals surface area contributed by atoms with Crippen molar-refractivity contribution in [2.75, 3.05) is 13.1 Å². The predicted molar refractivity (Wildman–Crippen MR) is 58.1 cm³/mol. The summed E-state index contributed by atoms with van der Waals surface area (Å²) in [7, 11) is 0. The van der Waals surface area contributed by atoms with Crippen LogP contribution >= 0.6 is 0 Å². The zero-order valence-corrected chi connectivity index (χ0v) is 9.31. The van der Waals surface area contributed by atoms with Crippen LogP contribution in [0, 0.1) is 5.92 Å². The van der Waals surface area contributed by atoms with E-state index in [-0.39, 0.29) is 5.91 Å². The van der Waals surface area contributed by atoms with E-state index in [0.717, 1.165) is 13.1 Å². The lowest BCUT2D eigenvalue weighted by molar-refractivity contribution is -0.121. The highest BCUT2D eigenvalue weighted by atomic mass is 16.1. The lowest BCUT2D eigenvalue weighted by Crippen LogP contribution is -2.43. The van der Waals surface area contributed by atoms with Gasteiger partial charge in [0.2, 0.25) is 5.91 Å². The first-order valence-corrected chi connectivity index (χ1v) is 5.68. The van der Waals surface area contributed by atoms with Crippen molar-refractivity contribution in [3.8, 4) is 0 Å². The van der Waals surface area contributed by atoms with Crippen molar-refractivity contribution < 1.29 is 4.79 Å². The molecule has 0 aromatic heterocycles. The summed E-state index contributed by atoms with van der Waals surface area (Å²) in [5.74, 6) is 0.640. The molecule has 1 saturated heterocycles. The van der Waals surface area contributed by atoms with E-state index in [1.165, 1.54) is 19.3 Å². The normalized spacial score (nSPS) is 22.4. The number of rotatable bonds is 4. The van der Waals surface area contributed by atoms with Crippen LogP contribution in [0.25, 0.3) is 0 Å². The van der Waals surface area contributed by atoms with Gasteiger partial charge >= 0.3 is 0 Å². The first-order chi connectivity index (χ1) is 6.68. The van der Waals surface area contributed by atoms with Gasteiger partial charge in [0.15, 0.2) is 0 Å². The Kier molecular flexibility index (Phi) is 4.94. The third kappa shape index (κ3) is 4.61. The maximum absolute atomic E-state index is 11.4. The minimum atomic E-state index is 0.187. The fraction of sp³-hybridized carbons (Fsp3) is 0.909. The fourth-order valence-electron chi connectivity index (χ4n) is 1.78. The number of carbonyl (C=O) groups is 1. The van der Waals surface area contributed by atoms with Gasteiger partial charge in [-0.2, -0.15) is 0 Å². The molecule has 2 N–H and O–H groups in total. The number of carbonyl (C=O) groups excluding carboxylic acids is 1. The summed E-state index contributed by atoms with van der Waals surface area (Å²) < 4.78 is 0. The van der Waals surface area contributed by atoms with Gasteiger partial charge in [0.05, 0.1) is 0 Å². The van der Waals surface area contributed by atoms with Crippen LogP contribution in [-0.4, -0.2) is 25.0 Å². The van der Waals surface area contributed by atoms with E-state index in [1.807, 2.05) is 0 Å². The molecule has 1 heterocycles. The summed E-state index contributed by atoms with van der Waals surface area (Å²) in [5, 5.41) is 6.40. The van der Waals surface area contributed by atoms with Gasteiger partial charge in [-0.15, -0.1) is 0 Å². The van der Waals surface area contributed by atoms with Crippen LogP contribution in [-0.2, 0) is 4.79 Å². The minimum absolute atomic E-state index is 0.187. The maximum Gasteiger partial charge on any atom is 0.220 e. The lowest BCUT2D eigenvalue weighted by atomic mass is 10.0. The van der Waals surface area contributed by atoms with E-state index in [9.17, 15) is 4.79 Å². The molecule has 0 aromatic carbocycles. The average molecular weight is 198 g/mol. The highest BCUT2D eigenvalue weighted by Crippen LogP contribution is 2.06. The molecule has 1 fully saturated rings. The second kappa shape index (κ2) is 6.02. The molecule has 1 amide bonds. The molecule has 1 atom stereocenters. The Morgan fingerprint density at radius 1 is 1.50 bits per heavy atom. The number of piperidine rings is 1. The molecule has 0 spiro atoms. The SMILES string of the molecule is CC(C)CC(=O)NCC1CCCCN1. The molecule has 0 saturated carbocycles. The summed E-state index contributed by atoms with van der Waals surface area (Å²) in [6, 6.07) is 0.500. The van der Waals surface area contributed by atoms with Gasteiger partial charge in [-0.25, -0.2) is 0 Å². The zero-order chi connectivity index (χ0) is 10.4.